The molecule has 2 unspecified atom stereocenters. The Hall–Kier alpha value is -1.88. The molecule has 1 saturated heterocycles. The van der Waals surface area contributed by atoms with Gasteiger partial charge in [0.15, 0.2) is 0 Å². The number of piperidine rings is 1. The summed E-state index contributed by atoms with van der Waals surface area (Å²) >= 11 is 0. The minimum atomic E-state index is -0.174. The molecule has 2 heterocycles. The molecule has 5 heteroatoms. The first-order valence-corrected chi connectivity index (χ1v) is 6.10. The second-order valence-corrected chi connectivity index (χ2v) is 4.87. The van der Waals surface area contributed by atoms with Crippen LogP contribution in [0.3, 0.4) is 0 Å². The summed E-state index contributed by atoms with van der Waals surface area (Å²) in [5.41, 5.74) is 8.75. The number of hydrogen-bond acceptors (Lipinski definition) is 4. The van der Waals surface area contributed by atoms with Gasteiger partial charge in [-0.3, -0.25) is 14.9 Å². The predicted molar refractivity (Wildman–Crippen MR) is 66.3 cm³/mol. The van der Waals surface area contributed by atoms with Crippen LogP contribution in [0.5, 0.6) is 0 Å². The van der Waals surface area contributed by atoms with Gasteiger partial charge in [0.1, 0.15) is 0 Å². The van der Waals surface area contributed by atoms with E-state index >= 15 is 0 Å². The van der Waals surface area contributed by atoms with Gasteiger partial charge in [-0.2, -0.15) is 0 Å². The summed E-state index contributed by atoms with van der Waals surface area (Å²) in [6.45, 7) is 0.725. The minimum Gasteiger partial charge on any atom is -0.399 e. The van der Waals surface area contributed by atoms with Crippen molar-refractivity contribution in [3.8, 4) is 0 Å². The van der Waals surface area contributed by atoms with E-state index in [0.717, 1.165) is 23.4 Å². The van der Waals surface area contributed by atoms with Crippen LogP contribution in [0.15, 0.2) is 18.2 Å². The largest absolute Gasteiger partial charge is 0.399 e. The van der Waals surface area contributed by atoms with Crippen molar-refractivity contribution in [1.29, 1.82) is 0 Å². The fraction of sp³-hybridized carbons (Fsp3) is 0.385. The number of carbonyl (C=O) groups excluding carboxylic acids is 2. The molecule has 0 saturated carbocycles. The quantitative estimate of drug-likeness (QED) is 0.496. The Morgan fingerprint density at radius 1 is 1.28 bits per heavy atom. The molecule has 0 spiro atoms. The number of nitrogen functional groups attached to an aromatic ring is 1. The van der Waals surface area contributed by atoms with Gasteiger partial charge >= 0.3 is 0 Å². The van der Waals surface area contributed by atoms with Crippen LogP contribution in [0.25, 0.3) is 0 Å². The van der Waals surface area contributed by atoms with Crippen molar-refractivity contribution >= 4 is 17.5 Å². The first-order chi connectivity index (χ1) is 8.65. The number of fused-ring (bicyclic) bond motifs is 1. The van der Waals surface area contributed by atoms with E-state index in [-0.39, 0.29) is 23.8 Å². The molecule has 2 aliphatic rings. The van der Waals surface area contributed by atoms with Gasteiger partial charge in [0.25, 0.3) is 0 Å². The van der Waals surface area contributed by atoms with Crippen LogP contribution in [-0.4, -0.2) is 11.8 Å². The molecule has 94 valence electrons. The third kappa shape index (κ3) is 1.76. The maximum Gasteiger partial charge on any atom is 0.231 e. The molecule has 18 heavy (non-hydrogen) atoms. The average Bonchev–Trinajstić information content (AvgIpc) is 2.72. The molecule has 0 bridgehead atoms. The van der Waals surface area contributed by atoms with E-state index in [9.17, 15) is 9.59 Å². The van der Waals surface area contributed by atoms with Crippen LogP contribution in [0.2, 0.25) is 0 Å². The lowest BCUT2D eigenvalue weighted by molar-refractivity contribution is -0.137. The molecule has 2 atom stereocenters. The van der Waals surface area contributed by atoms with Gasteiger partial charge in [0.05, 0.1) is 5.92 Å². The van der Waals surface area contributed by atoms with Crippen LogP contribution >= 0.6 is 0 Å². The van der Waals surface area contributed by atoms with Gasteiger partial charge in [0, 0.05) is 24.7 Å². The summed E-state index contributed by atoms with van der Waals surface area (Å²) in [6, 6.07) is 5.76. The third-order valence-corrected chi connectivity index (χ3v) is 3.70. The normalized spacial score (nSPS) is 26.9. The van der Waals surface area contributed by atoms with E-state index in [1.54, 1.807) is 0 Å². The summed E-state index contributed by atoms with van der Waals surface area (Å²) in [5.74, 6) is -0.521. The van der Waals surface area contributed by atoms with E-state index in [1.165, 1.54) is 0 Å². The number of imide groups is 1. The molecule has 5 nitrogen and oxygen atoms in total. The van der Waals surface area contributed by atoms with Crippen molar-refractivity contribution in [2.75, 3.05) is 5.73 Å². The molecular weight excluding hydrogens is 230 g/mol. The Morgan fingerprint density at radius 2 is 2.11 bits per heavy atom. The summed E-state index contributed by atoms with van der Waals surface area (Å²) in [7, 11) is 0. The number of nitrogens with two attached hydrogens (primary N) is 1. The molecule has 0 radical (unpaired) electrons. The Kier molecular flexibility index (Phi) is 2.56. The molecule has 1 fully saturated rings. The van der Waals surface area contributed by atoms with E-state index < -0.39 is 0 Å². The molecule has 2 aliphatic heterocycles. The Morgan fingerprint density at radius 3 is 2.89 bits per heavy atom. The van der Waals surface area contributed by atoms with Crippen LogP contribution in [0, 0.1) is 5.92 Å². The topological polar surface area (TPSA) is 84.2 Å². The van der Waals surface area contributed by atoms with Gasteiger partial charge in [0.2, 0.25) is 11.8 Å². The van der Waals surface area contributed by atoms with Crippen molar-refractivity contribution in [2.45, 2.75) is 25.4 Å². The smallest absolute Gasteiger partial charge is 0.231 e. The molecule has 3 rings (SSSR count). The Labute approximate surface area is 105 Å². The lowest BCUT2D eigenvalue weighted by Gasteiger charge is -2.26. The average molecular weight is 245 g/mol. The molecule has 0 aliphatic carbocycles. The second-order valence-electron chi connectivity index (χ2n) is 4.87. The first kappa shape index (κ1) is 11.2. The van der Waals surface area contributed by atoms with Crippen molar-refractivity contribution in [2.24, 2.45) is 5.92 Å². The van der Waals surface area contributed by atoms with Crippen LogP contribution in [0.1, 0.15) is 30.0 Å². The highest BCUT2D eigenvalue weighted by atomic mass is 16.2. The molecule has 1 aromatic carbocycles. The van der Waals surface area contributed by atoms with Crippen LogP contribution in [0.4, 0.5) is 5.69 Å². The number of benzene rings is 1. The highest BCUT2D eigenvalue weighted by Gasteiger charge is 2.37. The van der Waals surface area contributed by atoms with Gasteiger partial charge in [-0.15, -0.1) is 0 Å². The molecular formula is C13H15N3O2. The van der Waals surface area contributed by atoms with Gasteiger partial charge in [-0.25, -0.2) is 0 Å². The summed E-state index contributed by atoms with van der Waals surface area (Å²) in [6.07, 6.45) is 1.02. The lowest BCUT2D eigenvalue weighted by atomic mass is 9.87. The zero-order valence-corrected chi connectivity index (χ0v) is 9.90. The van der Waals surface area contributed by atoms with Gasteiger partial charge < -0.3 is 11.1 Å². The fourth-order valence-electron chi connectivity index (χ4n) is 2.80. The molecule has 4 N–H and O–H groups in total. The Bertz CT molecular complexity index is 527. The first-order valence-electron chi connectivity index (χ1n) is 6.10. The maximum absolute atomic E-state index is 11.9. The summed E-state index contributed by atoms with van der Waals surface area (Å²) < 4.78 is 0. The SMILES string of the molecule is Nc1ccc2c(c1)CNC2C1CCC(=O)NC1=O. The predicted octanol–water partition coefficient (Wildman–Crippen LogP) is 0.466. The highest BCUT2D eigenvalue weighted by molar-refractivity contribution is 5.99. The summed E-state index contributed by atoms with van der Waals surface area (Å²) in [5, 5.41) is 5.74. The highest BCUT2D eigenvalue weighted by Crippen LogP contribution is 2.35. The number of nitrogens with one attached hydrogen (secondary N) is 2. The number of carbonyl (C=O) groups is 2. The minimum absolute atomic E-state index is 0.00583. The van der Waals surface area contributed by atoms with Gasteiger partial charge in [-0.1, -0.05) is 6.07 Å². The van der Waals surface area contributed by atoms with Crippen molar-refractivity contribution in [3.63, 3.8) is 0 Å². The van der Waals surface area contributed by atoms with Crippen molar-refractivity contribution in [3.05, 3.63) is 29.3 Å². The van der Waals surface area contributed by atoms with E-state index in [1.807, 2.05) is 18.2 Å². The van der Waals surface area contributed by atoms with E-state index in [4.69, 9.17) is 5.73 Å². The molecule has 0 aromatic heterocycles. The van der Waals surface area contributed by atoms with Crippen molar-refractivity contribution < 1.29 is 9.59 Å². The number of amides is 2. The number of anilines is 1. The van der Waals surface area contributed by atoms with E-state index in [0.29, 0.717) is 12.8 Å². The number of rotatable bonds is 1. The van der Waals surface area contributed by atoms with Crippen LogP contribution < -0.4 is 16.4 Å². The maximum atomic E-state index is 11.9. The second kappa shape index (κ2) is 4.10. The Balaban J connectivity index is 1.88. The van der Waals surface area contributed by atoms with Crippen LogP contribution in [-0.2, 0) is 16.1 Å². The summed E-state index contributed by atoms with van der Waals surface area (Å²) in [4.78, 5) is 23.0. The zero-order valence-electron chi connectivity index (χ0n) is 9.90. The molecule has 1 aromatic rings. The zero-order chi connectivity index (χ0) is 12.7. The monoisotopic (exact) mass is 245 g/mol. The fourth-order valence-corrected chi connectivity index (χ4v) is 2.80. The van der Waals surface area contributed by atoms with Crippen molar-refractivity contribution in [1.82, 2.24) is 10.6 Å². The van der Waals surface area contributed by atoms with Gasteiger partial charge in [-0.05, 0) is 29.7 Å². The lowest BCUT2D eigenvalue weighted by Crippen LogP contribution is -2.44. The molecule has 2 amide bonds. The third-order valence-electron chi connectivity index (χ3n) is 3.70. The van der Waals surface area contributed by atoms with E-state index in [2.05, 4.69) is 10.6 Å². The standard InChI is InChI=1S/C13H15N3O2/c14-8-1-2-9-7(5-8)6-15-12(9)10-3-4-11(17)16-13(10)18/h1-2,5,10,12,15H,3-4,6,14H2,(H,16,17,18). The number of hydrogen-bond donors (Lipinski definition) is 3.